The van der Waals surface area contributed by atoms with Crippen molar-refractivity contribution < 1.29 is 14.7 Å². The van der Waals surface area contributed by atoms with Gasteiger partial charge in [0.15, 0.2) is 0 Å². The van der Waals surface area contributed by atoms with Crippen LogP contribution in [0.5, 0.6) is 0 Å². The molecule has 0 aliphatic rings. The number of hydrogen-bond donors (Lipinski definition) is 3. The Morgan fingerprint density at radius 1 is 1.41 bits per heavy atom. The van der Waals surface area contributed by atoms with Gasteiger partial charge in [-0.3, -0.25) is 9.59 Å². The topological polar surface area (TPSA) is 91.3 Å². The number of pyridine rings is 1. The fourth-order valence-corrected chi connectivity index (χ4v) is 1.04. The summed E-state index contributed by atoms with van der Waals surface area (Å²) >= 11 is 0. The molecule has 1 aromatic heterocycles. The summed E-state index contributed by atoms with van der Waals surface area (Å²) in [6.07, 6.45) is 0.896. The van der Waals surface area contributed by atoms with E-state index in [1.165, 1.54) is 6.92 Å². The minimum absolute atomic E-state index is 0.0353. The molecule has 0 aliphatic carbocycles. The minimum Gasteiger partial charge on any atom is -0.392 e. The van der Waals surface area contributed by atoms with Crippen molar-refractivity contribution in [1.29, 1.82) is 0 Å². The summed E-state index contributed by atoms with van der Waals surface area (Å²) in [5.74, 6) is -1.29. The molecule has 1 rings (SSSR count). The van der Waals surface area contributed by atoms with Crippen LogP contribution in [0.1, 0.15) is 12.5 Å². The van der Waals surface area contributed by atoms with E-state index in [1.54, 1.807) is 18.3 Å². The Bertz CT molecular complexity index is 401. The monoisotopic (exact) mass is 237 g/mol. The summed E-state index contributed by atoms with van der Waals surface area (Å²) in [6, 6.07) is 3.38. The molecule has 2 amide bonds. The van der Waals surface area contributed by atoms with Gasteiger partial charge in [0.2, 0.25) is 0 Å². The normalized spacial score (nSPS) is 11.7. The standard InChI is InChI=1S/C11H15N3O3/c1-7-3-4-9(12-5-7)14-11(17)10(16)13-6-8(2)15/h3-5,8,15H,6H2,1-2H3,(H,13,16)(H,12,14,17). The number of aliphatic hydroxyl groups is 1. The number of nitrogens with one attached hydrogen (secondary N) is 2. The second kappa shape index (κ2) is 5.95. The van der Waals surface area contributed by atoms with Crippen LogP contribution in [0.4, 0.5) is 5.82 Å². The highest BCUT2D eigenvalue weighted by atomic mass is 16.3. The van der Waals surface area contributed by atoms with Gasteiger partial charge < -0.3 is 15.7 Å². The number of carbonyl (C=O) groups is 2. The first-order valence-electron chi connectivity index (χ1n) is 5.19. The van der Waals surface area contributed by atoms with Crippen LogP contribution in [0.3, 0.4) is 0 Å². The third-order valence-corrected chi connectivity index (χ3v) is 1.92. The van der Waals surface area contributed by atoms with Gasteiger partial charge in [-0.2, -0.15) is 0 Å². The second-order valence-electron chi connectivity index (χ2n) is 3.73. The molecule has 1 unspecified atom stereocenters. The third-order valence-electron chi connectivity index (χ3n) is 1.92. The van der Waals surface area contributed by atoms with Crippen molar-refractivity contribution in [1.82, 2.24) is 10.3 Å². The minimum atomic E-state index is -0.804. The maximum Gasteiger partial charge on any atom is 0.314 e. The Morgan fingerprint density at radius 2 is 2.12 bits per heavy atom. The molecule has 92 valence electrons. The number of nitrogens with zero attached hydrogens (tertiary/aromatic N) is 1. The first-order chi connectivity index (χ1) is 7.99. The highest BCUT2D eigenvalue weighted by Gasteiger charge is 2.14. The predicted octanol–water partition coefficient (Wildman–Crippen LogP) is -0.174. The summed E-state index contributed by atoms with van der Waals surface area (Å²) in [5, 5.41) is 13.6. The molecule has 1 aromatic rings. The number of carbonyl (C=O) groups excluding carboxylic acids is 2. The van der Waals surface area contributed by atoms with Gasteiger partial charge in [0.25, 0.3) is 0 Å². The van der Waals surface area contributed by atoms with E-state index in [0.29, 0.717) is 5.82 Å². The number of anilines is 1. The number of aliphatic hydroxyl groups excluding tert-OH is 1. The summed E-state index contributed by atoms with van der Waals surface area (Å²) in [4.78, 5) is 26.6. The number of aryl methyl sites for hydroxylation is 1. The Morgan fingerprint density at radius 3 is 2.65 bits per heavy atom. The number of rotatable bonds is 3. The average molecular weight is 237 g/mol. The summed E-state index contributed by atoms with van der Waals surface area (Å²) < 4.78 is 0. The van der Waals surface area contributed by atoms with E-state index in [1.807, 2.05) is 6.92 Å². The molecule has 0 saturated heterocycles. The molecule has 0 radical (unpaired) electrons. The van der Waals surface area contributed by atoms with E-state index < -0.39 is 17.9 Å². The predicted molar refractivity (Wildman–Crippen MR) is 62.3 cm³/mol. The van der Waals surface area contributed by atoms with E-state index in [0.717, 1.165) is 5.56 Å². The van der Waals surface area contributed by atoms with Crippen LogP contribution in [0.15, 0.2) is 18.3 Å². The molecule has 6 nitrogen and oxygen atoms in total. The Balaban J connectivity index is 2.48. The smallest absolute Gasteiger partial charge is 0.314 e. The zero-order chi connectivity index (χ0) is 12.8. The van der Waals surface area contributed by atoms with Gasteiger partial charge in [-0.15, -0.1) is 0 Å². The van der Waals surface area contributed by atoms with Gasteiger partial charge in [0.05, 0.1) is 6.10 Å². The van der Waals surface area contributed by atoms with Crippen molar-refractivity contribution in [3.8, 4) is 0 Å². The van der Waals surface area contributed by atoms with Crippen molar-refractivity contribution in [2.24, 2.45) is 0 Å². The van der Waals surface area contributed by atoms with Crippen molar-refractivity contribution in [2.45, 2.75) is 20.0 Å². The highest BCUT2D eigenvalue weighted by molar-refractivity contribution is 6.39. The Labute approximate surface area is 99.1 Å². The van der Waals surface area contributed by atoms with Crippen molar-refractivity contribution in [3.63, 3.8) is 0 Å². The summed E-state index contributed by atoms with van der Waals surface area (Å²) in [7, 11) is 0. The second-order valence-corrected chi connectivity index (χ2v) is 3.73. The van der Waals surface area contributed by atoms with Gasteiger partial charge in [-0.25, -0.2) is 4.98 Å². The van der Waals surface area contributed by atoms with E-state index in [2.05, 4.69) is 15.6 Å². The van der Waals surface area contributed by atoms with Crippen LogP contribution >= 0.6 is 0 Å². The molecule has 1 heterocycles. The van der Waals surface area contributed by atoms with E-state index in [4.69, 9.17) is 5.11 Å². The first-order valence-corrected chi connectivity index (χ1v) is 5.19. The van der Waals surface area contributed by atoms with Crippen LogP contribution in [0.2, 0.25) is 0 Å². The van der Waals surface area contributed by atoms with Crippen LogP contribution in [0.25, 0.3) is 0 Å². The maximum atomic E-state index is 11.4. The molecule has 0 fully saturated rings. The average Bonchev–Trinajstić information content (AvgIpc) is 2.28. The number of amides is 2. The van der Waals surface area contributed by atoms with Gasteiger partial charge in [-0.05, 0) is 25.5 Å². The van der Waals surface area contributed by atoms with Crippen LogP contribution in [0, 0.1) is 6.92 Å². The molecule has 0 spiro atoms. The highest BCUT2D eigenvalue weighted by Crippen LogP contribution is 2.03. The molecule has 0 aliphatic heterocycles. The molecule has 0 aromatic carbocycles. The first kappa shape index (κ1) is 13.1. The number of hydrogen-bond acceptors (Lipinski definition) is 4. The Kier molecular flexibility index (Phi) is 4.59. The van der Waals surface area contributed by atoms with Crippen LogP contribution in [-0.2, 0) is 9.59 Å². The fraction of sp³-hybridized carbons (Fsp3) is 0.364. The molecular weight excluding hydrogens is 222 g/mol. The lowest BCUT2D eigenvalue weighted by Crippen LogP contribution is -2.38. The summed E-state index contributed by atoms with van der Waals surface area (Å²) in [6.45, 7) is 3.42. The third kappa shape index (κ3) is 4.60. The molecule has 0 saturated carbocycles. The molecule has 1 atom stereocenters. The largest absolute Gasteiger partial charge is 0.392 e. The zero-order valence-corrected chi connectivity index (χ0v) is 9.73. The quantitative estimate of drug-likeness (QED) is 0.636. The molecule has 6 heteroatoms. The molecular formula is C11H15N3O3. The van der Waals surface area contributed by atoms with Crippen molar-refractivity contribution in [2.75, 3.05) is 11.9 Å². The van der Waals surface area contributed by atoms with Gasteiger partial charge >= 0.3 is 11.8 Å². The van der Waals surface area contributed by atoms with Crippen molar-refractivity contribution >= 4 is 17.6 Å². The zero-order valence-electron chi connectivity index (χ0n) is 9.73. The lowest BCUT2D eigenvalue weighted by Gasteiger charge is -2.07. The molecule has 3 N–H and O–H groups in total. The van der Waals surface area contributed by atoms with E-state index in [-0.39, 0.29) is 6.54 Å². The fourth-order valence-electron chi connectivity index (χ4n) is 1.04. The van der Waals surface area contributed by atoms with Crippen molar-refractivity contribution in [3.05, 3.63) is 23.9 Å². The van der Waals surface area contributed by atoms with Crippen LogP contribution < -0.4 is 10.6 Å². The SMILES string of the molecule is Cc1ccc(NC(=O)C(=O)NCC(C)O)nc1. The lowest BCUT2D eigenvalue weighted by molar-refractivity contribution is -0.136. The molecule has 17 heavy (non-hydrogen) atoms. The van der Waals surface area contributed by atoms with Gasteiger partial charge in [0.1, 0.15) is 5.82 Å². The summed E-state index contributed by atoms with van der Waals surface area (Å²) in [5.41, 5.74) is 0.960. The lowest BCUT2D eigenvalue weighted by atomic mass is 10.3. The number of aromatic nitrogens is 1. The van der Waals surface area contributed by atoms with Crippen LogP contribution in [-0.4, -0.2) is 34.6 Å². The van der Waals surface area contributed by atoms with E-state index >= 15 is 0 Å². The van der Waals surface area contributed by atoms with Gasteiger partial charge in [-0.1, -0.05) is 6.07 Å². The molecule has 0 bridgehead atoms. The van der Waals surface area contributed by atoms with E-state index in [9.17, 15) is 9.59 Å². The maximum absolute atomic E-state index is 11.4. The van der Waals surface area contributed by atoms with Gasteiger partial charge in [0, 0.05) is 12.7 Å². The Hall–Kier alpha value is -1.95.